The van der Waals surface area contributed by atoms with Gasteiger partial charge in [-0.15, -0.1) is 11.8 Å². The van der Waals surface area contributed by atoms with E-state index in [1.54, 1.807) is 0 Å². The Kier molecular flexibility index (Phi) is 5.74. The second kappa shape index (κ2) is 6.84. The van der Waals surface area contributed by atoms with E-state index in [0.717, 1.165) is 22.8 Å². The van der Waals surface area contributed by atoms with E-state index < -0.39 is 0 Å². The Hall–Kier alpha value is -0.640. The van der Waals surface area contributed by atoms with Crippen LogP contribution in [-0.2, 0) is 4.79 Å². The fraction of sp³-hybridized carbons (Fsp3) is 0.600. The van der Waals surface area contributed by atoms with E-state index in [1.807, 2.05) is 6.07 Å². The molecule has 1 aliphatic rings. The minimum Gasteiger partial charge on any atom is -0.393 e. The van der Waals surface area contributed by atoms with Crippen LogP contribution in [0, 0.1) is 11.3 Å². The molecule has 1 amide bonds. The molecule has 0 aromatic carbocycles. The molecule has 2 N–H and O–H groups in total. The van der Waals surface area contributed by atoms with Crippen LogP contribution in [0.5, 0.6) is 0 Å². The van der Waals surface area contributed by atoms with Crippen LogP contribution in [0.4, 0.5) is 0 Å². The molecule has 0 fully saturated rings. The molecule has 0 spiro atoms. The lowest BCUT2D eigenvalue weighted by molar-refractivity contribution is -0.117. The predicted molar refractivity (Wildman–Crippen MR) is 66.6 cm³/mol. The molecule has 1 aliphatic heterocycles. The maximum Gasteiger partial charge on any atom is 0.264 e. The minimum absolute atomic E-state index is 0.118. The minimum atomic E-state index is -0.376. The van der Waals surface area contributed by atoms with Crippen LogP contribution in [0.3, 0.4) is 0 Å². The maximum absolute atomic E-state index is 11.5. The Balaban J connectivity index is 2.73. The molecular weight excluding hydrogens is 244 g/mol. The van der Waals surface area contributed by atoms with Crippen molar-refractivity contribution in [2.75, 3.05) is 12.4 Å². The van der Waals surface area contributed by atoms with E-state index in [2.05, 4.69) is 12.2 Å². The summed E-state index contributed by atoms with van der Waals surface area (Å²) in [6.07, 6.45) is 2.14. The van der Waals surface area contributed by atoms with E-state index in [-0.39, 0.29) is 23.5 Å². The lowest BCUT2D eigenvalue weighted by Crippen LogP contribution is -2.39. The summed E-state index contributed by atoms with van der Waals surface area (Å²) < 4.78 is 0.735. The van der Waals surface area contributed by atoms with Gasteiger partial charge in [-0.1, -0.05) is 25.1 Å². The van der Waals surface area contributed by atoms with Gasteiger partial charge in [-0.05, 0) is 12.2 Å². The second-order valence-electron chi connectivity index (χ2n) is 3.24. The highest BCUT2D eigenvalue weighted by atomic mass is 32.2. The number of amides is 1. The molecule has 1 heterocycles. The first-order valence-electron chi connectivity index (χ1n) is 5.08. The summed E-state index contributed by atoms with van der Waals surface area (Å²) in [6, 6.07) is 1.92. The monoisotopic (exact) mass is 258 g/mol. The van der Waals surface area contributed by atoms with E-state index in [1.165, 1.54) is 23.5 Å². The highest BCUT2D eigenvalue weighted by Crippen LogP contribution is 2.37. The number of carbonyl (C=O) groups is 1. The van der Waals surface area contributed by atoms with Crippen molar-refractivity contribution in [3.63, 3.8) is 0 Å². The average molecular weight is 258 g/mol. The molecule has 0 aromatic heterocycles. The third-order valence-corrected chi connectivity index (χ3v) is 4.55. The lowest BCUT2D eigenvalue weighted by atomic mass is 10.3. The van der Waals surface area contributed by atoms with Gasteiger partial charge >= 0.3 is 0 Å². The molecule has 0 aromatic rings. The Bertz CT molecular complexity index is 336. The number of nitrogens with zero attached hydrogens (tertiary/aromatic N) is 1. The van der Waals surface area contributed by atoms with E-state index in [9.17, 15) is 4.79 Å². The van der Waals surface area contributed by atoms with Crippen LogP contribution in [0.25, 0.3) is 0 Å². The predicted octanol–water partition coefficient (Wildman–Crippen LogP) is 1.44. The molecule has 16 heavy (non-hydrogen) atoms. The number of aliphatic hydroxyl groups excluding tert-OH is 1. The quantitative estimate of drug-likeness (QED) is 0.730. The van der Waals surface area contributed by atoms with Crippen LogP contribution in [0.15, 0.2) is 9.81 Å². The van der Waals surface area contributed by atoms with Gasteiger partial charge in [0.1, 0.15) is 17.0 Å². The van der Waals surface area contributed by atoms with Crippen LogP contribution in [0.2, 0.25) is 0 Å². The van der Waals surface area contributed by atoms with Gasteiger partial charge in [0.2, 0.25) is 0 Å². The van der Waals surface area contributed by atoms with Gasteiger partial charge in [-0.2, -0.15) is 5.26 Å². The van der Waals surface area contributed by atoms with Crippen molar-refractivity contribution >= 4 is 29.4 Å². The average Bonchev–Trinajstić information content (AvgIpc) is 2.29. The van der Waals surface area contributed by atoms with Crippen molar-refractivity contribution in [2.45, 2.75) is 25.1 Å². The summed E-state index contributed by atoms with van der Waals surface area (Å²) in [5, 5.41) is 20.1. The molecule has 1 rings (SSSR count). The second-order valence-corrected chi connectivity index (χ2v) is 5.82. The summed E-state index contributed by atoms with van der Waals surface area (Å²) in [5.74, 6) is 0.523. The van der Waals surface area contributed by atoms with Gasteiger partial charge in [0.25, 0.3) is 5.91 Å². The zero-order valence-corrected chi connectivity index (χ0v) is 10.7. The fourth-order valence-electron chi connectivity index (χ4n) is 1.12. The third-order valence-electron chi connectivity index (χ3n) is 1.98. The molecule has 0 aliphatic carbocycles. The summed E-state index contributed by atoms with van der Waals surface area (Å²) in [6.45, 7) is 1.98. The summed E-state index contributed by atoms with van der Waals surface area (Å²) in [4.78, 5) is 11.5. The fourth-order valence-corrected chi connectivity index (χ4v) is 3.65. The zero-order chi connectivity index (χ0) is 12.0. The SMILES string of the molecule is CCCCSC1=C(C#N)C(=O)N[C@@H](CO)S1. The molecule has 4 nitrogen and oxygen atoms in total. The molecule has 0 saturated carbocycles. The van der Waals surface area contributed by atoms with Crippen molar-refractivity contribution in [3.05, 3.63) is 9.81 Å². The van der Waals surface area contributed by atoms with Gasteiger partial charge in [0.05, 0.1) is 10.8 Å². The number of carbonyl (C=O) groups excluding carboxylic acids is 1. The number of thioether (sulfide) groups is 2. The molecule has 0 bridgehead atoms. The van der Waals surface area contributed by atoms with Crippen LogP contribution < -0.4 is 5.32 Å². The van der Waals surface area contributed by atoms with Crippen molar-refractivity contribution in [1.29, 1.82) is 5.26 Å². The van der Waals surface area contributed by atoms with E-state index >= 15 is 0 Å². The number of aliphatic hydroxyl groups is 1. The first-order valence-corrected chi connectivity index (χ1v) is 6.95. The molecule has 0 radical (unpaired) electrons. The Morgan fingerprint density at radius 2 is 2.44 bits per heavy atom. The number of hydrogen-bond donors (Lipinski definition) is 2. The first-order chi connectivity index (χ1) is 7.72. The number of unbranched alkanes of at least 4 members (excludes halogenated alkanes) is 1. The smallest absolute Gasteiger partial charge is 0.264 e. The normalized spacial score (nSPS) is 20.6. The standard InChI is InChI=1S/C10H14N2O2S2/c1-2-3-4-15-10-7(5-11)9(14)12-8(6-13)16-10/h8,13H,2-4,6H2,1H3,(H,12,14)/t8-/m1/s1. The van der Waals surface area contributed by atoms with Gasteiger partial charge < -0.3 is 10.4 Å². The van der Waals surface area contributed by atoms with Crippen LogP contribution >= 0.6 is 23.5 Å². The number of hydrogen-bond acceptors (Lipinski definition) is 5. The highest BCUT2D eigenvalue weighted by molar-refractivity contribution is 8.22. The summed E-state index contributed by atoms with van der Waals surface area (Å²) >= 11 is 2.88. The third kappa shape index (κ3) is 3.44. The van der Waals surface area contributed by atoms with Crippen molar-refractivity contribution < 1.29 is 9.90 Å². The van der Waals surface area contributed by atoms with Gasteiger partial charge in [0.15, 0.2) is 0 Å². The van der Waals surface area contributed by atoms with Gasteiger partial charge in [0, 0.05) is 0 Å². The molecule has 0 unspecified atom stereocenters. The maximum atomic E-state index is 11.5. The molecule has 1 atom stereocenters. The summed E-state index contributed by atoms with van der Waals surface area (Å²) in [7, 11) is 0. The van der Waals surface area contributed by atoms with E-state index in [0.29, 0.717) is 0 Å². The van der Waals surface area contributed by atoms with Crippen molar-refractivity contribution in [1.82, 2.24) is 5.32 Å². The van der Waals surface area contributed by atoms with Crippen LogP contribution in [-0.4, -0.2) is 28.7 Å². The van der Waals surface area contributed by atoms with Crippen molar-refractivity contribution in [2.24, 2.45) is 0 Å². The number of nitrogens with one attached hydrogen (secondary N) is 1. The van der Waals surface area contributed by atoms with Crippen LogP contribution in [0.1, 0.15) is 19.8 Å². The Morgan fingerprint density at radius 3 is 3.00 bits per heavy atom. The Morgan fingerprint density at radius 1 is 1.69 bits per heavy atom. The lowest BCUT2D eigenvalue weighted by Gasteiger charge is -2.22. The molecule has 6 heteroatoms. The molecule has 88 valence electrons. The number of nitriles is 1. The zero-order valence-electron chi connectivity index (χ0n) is 9.02. The molecular formula is C10H14N2O2S2. The summed E-state index contributed by atoms with van der Waals surface area (Å²) in [5.41, 5.74) is 0.177. The highest BCUT2D eigenvalue weighted by Gasteiger charge is 2.27. The number of rotatable bonds is 5. The van der Waals surface area contributed by atoms with Gasteiger partial charge in [-0.25, -0.2) is 0 Å². The first kappa shape index (κ1) is 13.4. The Labute approximate surface area is 103 Å². The van der Waals surface area contributed by atoms with E-state index in [4.69, 9.17) is 10.4 Å². The topological polar surface area (TPSA) is 73.1 Å². The van der Waals surface area contributed by atoms with Crippen molar-refractivity contribution in [3.8, 4) is 6.07 Å². The molecule has 0 saturated heterocycles. The largest absolute Gasteiger partial charge is 0.393 e. The van der Waals surface area contributed by atoms with Gasteiger partial charge in [-0.3, -0.25) is 4.79 Å².